The molecule has 3 rings (SSSR count). The predicted molar refractivity (Wildman–Crippen MR) is 99.1 cm³/mol. The quantitative estimate of drug-likeness (QED) is 0.612. The van der Waals surface area contributed by atoms with Crippen molar-refractivity contribution in [3.63, 3.8) is 0 Å². The van der Waals surface area contributed by atoms with Crippen molar-refractivity contribution in [1.29, 1.82) is 0 Å². The van der Waals surface area contributed by atoms with Gasteiger partial charge in [0.2, 0.25) is 0 Å². The second kappa shape index (κ2) is 8.07. The summed E-state index contributed by atoms with van der Waals surface area (Å²) in [6.45, 7) is 0. The Balaban J connectivity index is 1.96. The summed E-state index contributed by atoms with van der Waals surface area (Å²) >= 11 is 0.0256. The first kappa shape index (κ1) is 15.9. The van der Waals surface area contributed by atoms with E-state index in [0.29, 0.717) is 0 Å². The monoisotopic (exact) mass is 384 g/mol. The van der Waals surface area contributed by atoms with E-state index in [2.05, 4.69) is 18.2 Å². The van der Waals surface area contributed by atoms with E-state index in [1.807, 2.05) is 78.9 Å². The van der Waals surface area contributed by atoms with Crippen LogP contribution in [-0.4, -0.2) is 19.2 Å². The molecule has 0 saturated carbocycles. The molecule has 0 aliphatic rings. The third-order valence-corrected chi connectivity index (χ3v) is 7.49. The van der Waals surface area contributed by atoms with Gasteiger partial charge in [-0.2, -0.15) is 0 Å². The first-order chi connectivity index (χ1) is 11.3. The normalized spacial score (nSPS) is 12.8. The van der Waals surface area contributed by atoms with Crippen molar-refractivity contribution < 1.29 is 4.21 Å². The summed E-state index contributed by atoms with van der Waals surface area (Å²) in [5.41, 5.74) is 1.09. The van der Waals surface area contributed by atoms with Crippen LogP contribution in [0.5, 0.6) is 0 Å². The molecule has 0 radical (unpaired) electrons. The zero-order valence-electron chi connectivity index (χ0n) is 12.5. The molecular formula is C20H16OSSe. The molecule has 1 unspecified atom stereocenters. The van der Waals surface area contributed by atoms with Gasteiger partial charge in [0.25, 0.3) is 0 Å². The Kier molecular flexibility index (Phi) is 5.60. The Hall–Kier alpha value is -1.93. The van der Waals surface area contributed by atoms with Crippen LogP contribution in [0.1, 0.15) is 5.56 Å². The van der Waals surface area contributed by atoms with Gasteiger partial charge in [0.15, 0.2) is 0 Å². The molecule has 0 spiro atoms. The van der Waals surface area contributed by atoms with Crippen LogP contribution in [0, 0.1) is 0 Å². The van der Waals surface area contributed by atoms with Gasteiger partial charge >= 0.3 is 146 Å². The zero-order chi connectivity index (χ0) is 15.9. The Labute approximate surface area is 145 Å². The molecule has 0 aliphatic carbocycles. The Morgan fingerprint density at radius 2 is 1.26 bits per heavy atom. The predicted octanol–water partition coefficient (Wildman–Crippen LogP) is 3.82. The molecule has 0 amide bonds. The fraction of sp³-hybridized carbons (Fsp3) is 0. The summed E-state index contributed by atoms with van der Waals surface area (Å²) < 4.78 is 15.2. The van der Waals surface area contributed by atoms with Gasteiger partial charge in [-0.15, -0.1) is 0 Å². The van der Waals surface area contributed by atoms with Gasteiger partial charge in [0, 0.05) is 0 Å². The summed E-state index contributed by atoms with van der Waals surface area (Å²) in [7, 11) is -1.13. The molecule has 0 N–H and O–H groups in total. The standard InChI is InChI=1S/C20H16OSSe/c21-22(18-12-6-2-7-13-18)20(16-17-10-4-1-5-11-17)23-19-14-8-3-9-15-19/h1-16H/b20-16-. The zero-order valence-corrected chi connectivity index (χ0v) is 15.0. The first-order valence-electron chi connectivity index (χ1n) is 7.29. The summed E-state index contributed by atoms with van der Waals surface area (Å²) in [5, 5.41) is 0. The van der Waals surface area contributed by atoms with E-state index >= 15 is 0 Å². The Morgan fingerprint density at radius 3 is 1.87 bits per heavy atom. The van der Waals surface area contributed by atoms with Crippen LogP contribution in [0.4, 0.5) is 0 Å². The molecule has 0 heterocycles. The Morgan fingerprint density at radius 1 is 0.739 bits per heavy atom. The average Bonchev–Trinajstić information content (AvgIpc) is 2.63. The molecule has 114 valence electrons. The summed E-state index contributed by atoms with van der Waals surface area (Å²) in [6.07, 6.45) is 2.07. The van der Waals surface area contributed by atoms with E-state index in [1.54, 1.807) is 0 Å². The molecule has 0 saturated heterocycles. The molecule has 3 aromatic carbocycles. The van der Waals surface area contributed by atoms with E-state index in [-0.39, 0.29) is 15.0 Å². The first-order valence-corrected chi connectivity index (χ1v) is 10.2. The van der Waals surface area contributed by atoms with Crippen LogP contribution in [0.3, 0.4) is 0 Å². The van der Waals surface area contributed by atoms with Crippen LogP contribution < -0.4 is 4.46 Å². The van der Waals surface area contributed by atoms with E-state index < -0.39 is 10.8 Å². The van der Waals surface area contributed by atoms with Crippen LogP contribution >= 0.6 is 0 Å². The summed E-state index contributed by atoms with van der Waals surface area (Å²) in [6, 6.07) is 30.0. The van der Waals surface area contributed by atoms with Crippen molar-refractivity contribution in [2.75, 3.05) is 0 Å². The topological polar surface area (TPSA) is 17.1 Å². The summed E-state index contributed by atoms with van der Waals surface area (Å²) in [4.78, 5) is 0.854. The van der Waals surface area contributed by atoms with Crippen molar-refractivity contribution in [2.24, 2.45) is 0 Å². The van der Waals surface area contributed by atoms with Gasteiger partial charge in [-0.1, -0.05) is 0 Å². The molecule has 0 bridgehead atoms. The second-order valence-corrected chi connectivity index (χ2v) is 9.24. The second-order valence-electron chi connectivity index (χ2n) is 4.87. The van der Waals surface area contributed by atoms with E-state index in [4.69, 9.17) is 0 Å². The molecule has 0 aromatic heterocycles. The molecule has 0 aliphatic heterocycles. The van der Waals surface area contributed by atoms with Gasteiger partial charge in [-0.25, -0.2) is 0 Å². The minimum absolute atomic E-state index is 0.0256. The van der Waals surface area contributed by atoms with Gasteiger partial charge < -0.3 is 0 Å². The van der Waals surface area contributed by atoms with Gasteiger partial charge in [-0.05, 0) is 0 Å². The molecule has 1 nitrogen and oxygen atoms in total. The molecular weight excluding hydrogens is 367 g/mol. The van der Waals surface area contributed by atoms with Crippen LogP contribution in [0.15, 0.2) is 99.7 Å². The van der Waals surface area contributed by atoms with Gasteiger partial charge in [0.05, 0.1) is 0 Å². The number of hydrogen-bond donors (Lipinski definition) is 0. The molecule has 3 heteroatoms. The van der Waals surface area contributed by atoms with Gasteiger partial charge in [-0.3, -0.25) is 0 Å². The SMILES string of the molecule is O=S(/C(=C/c1ccccc1)[Se]c1ccccc1)c1ccccc1. The van der Waals surface area contributed by atoms with Crippen LogP contribution in [0.2, 0.25) is 0 Å². The average molecular weight is 383 g/mol. The van der Waals surface area contributed by atoms with Gasteiger partial charge in [0.1, 0.15) is 0 Å². The van der Waals surface area contributed by atoms with Crippen molar-refractivity contribution in [2.45, 2.75) is 4.90 Å². The molecule has 1 atom stereocenters. The number of hydrogen-bond acceptors (Lipinski definition) is 1. The van der Waals surface area contributed by atoms with Crippen molar-refractivity contribution in [3.8, 4) is 0 Å². The number of benzene rings is 3. The fourth-order valence-electron chi connectivity index (χ4n) is 2.07. The fourth-order valence-corrected chi connectivity index (χ4v) is 6.12. The van der Waals surface area contributed by atoms with E-state index in [1.165, 1.54) is 4.46 Å². The third kappa shape index (κ3) is 4.52. The molecule has 3 aromatic rings. The maximum atomic E-state index is 13.0. The summed E-state index contributed by atoms with van der Waals surface area (Å²) in [5.74, 6) is 0. The Bertz CT molecular complexity index is 799. The van der Waals surface area contributed by atoms with Crippen LogP contribution in [-0.2, 0) is 10.8 Å². The van der Waals surface area contributed by atoms with Crippen molar-refractivity contribution >= 4 is 36.3 Å². The van der Waals surface area contributed by atoms with E-state index in [9.17, 15) is 4.21 Å². The van der Waals surface area contributed by atoms with Crippen LogP contribution in [0.25, 0.3) is 6.08 Å². The minimum atomic E-state index is -1.13. The van der Waals surface area contributed by atoms with Crippen molar-refractivity contribution in [1.82, 2.24) is 0 Å². The third-order valence-electron chi connectivity index (χ3n) is 3.19. The molecule has 23 heavy (non-hydrogen) atoms. The molecule has 0 fully saturated rings. The van der Waals surface area contributed by atoms with Crippen molar-refractivity contribution in [3.05, 3.63) is 100 Å². The van der Waals surface area contributed by atoms with E-state index in [0.717, 1.165) is 14.3 Å². The maximum absolute atomic E-state index is 13.0. The number of rotatable bonds is 5.